The van der Waals surface area contributed by atoms with Crippen LogP contribution in [0.1, 0.15) is 34.8 Å². The molecule has 1 amide bonds. The van der Waals surface area contributed by atoms with Gasteiger partial charge in [0.2, 0.25) is 0 Å². The van der Waals surface area contributed by atoms with Gasteiger partial charge in [0.1, 0.15) is 5.82 Å². The van der Waals surface area contributed by atoms with Crippen molar-refractivity contribution in [2.45, 2.75) is 25.6 Å². The van der Waals surface area contributed by atoms with E-state index in [0.717, 1.165) is 29.8 Å². The van der Waals surface area contributed by atoms with Crippen molar-refractivity contribution in [1.29, 1.82) is 0 Å². The minimum Gasteiger partial charge on any atom is -0.357 e. The Bertz CT molecular complexity index is 799. The smallest absolute Gasteiger partial charge is 0.251 e. The van der Waals surface area contributed by atoms with Gasteiger partial charge in [-0.15, -0.1) is 0 Å². The van der Waals surface area contributed by atoms with Crippen molar-refractivity contribution in [1.82, 2.24) is 16.0 Å². The zero-order valence-electron chi connectivity index (χ0n) is 17.0. The molecule has 0 saturated carbocycles. The highest BCUT2D eigenvalue weighted by atomic mass is 32.2. The number of rotatable bonds is 10. The van der Waals surface area contributed by atoms with Gasteiger partial charge >= 0.3 is 0 Å². The molecule has 0 fully saturated rings. The number of benzene rings is 2. The Balaban J connectivity index is 1.81. The highest BCUT2D eigenvalue weighted by molar-refractivity contribution is 7.97. The molecule has 29 heavy (non-hydrogen) atoms. The second-order valence-corrected chi connectivity index (χ2v) is 7.31. The van der Waals surface area contributed by atoms with Crippen molar-refractivity contribution in [2.75, 3.05) is 25.9 Å². The van der Waals surface area contributed by atoms with Crippen molar-refractivity contribution in [2.24, 2.45) is 4.99 Å². The van der Waals surface area contributed by atoms with E-state index in [-0.39, 0.29) is 11.7 Å². The highest BCUT2D eigenvalue weighted by Crippen LogP contribution is 2.17. The summed E-state index contributed by atoms with van der Waals surface area (Å²) in [5, 5.41) is 9.40. The van der Waals surface area contributed by atoms with Crippen LogP contribution in [0.4, 0.5) is 4.39 Å². The molecule has 0 atom stereocenters. The molecule has 2 rings (SSSR count). The molecule has 2 aromatic carbocycles. The Kier molecular flexibility index (Phi) is 10.1. The van der Waals surface area contributed by atoms with E-state index in [4.69, 9.17) is 0 Å². The van der Waals surface area contributed by atoms with Gasteiger partial charge in [-0.3, -0.25) is 4.79 Å². The van der Waals surface area contributed by atoms with E-state index in [0.29, 0.717) is 31.2 Å². The van der Waals surface area contributed by atoms with Crippen molar-refractivity contribution in [3.05, 3.63) is 71.0 Å². The topological polar surface area (TPSA) is 65.5 Å². The quantitative estimate of drug-likeness (QED) is 0.315. The molecule has 7 heteroatoms. The fourth-order valence-electron chi connectivity index (χ4n) is 2.73. The average molecular weight is 417 g/mol. The van der Waals surface area contributed by atoms with Crippen molar-refractivity contribution in [3.63, 3.8) is 0 Å². The molecule has 0 aliphatic rings. The maximum absolute atomic E-state index is 13.5. The van der Waals surface area contributed by atoms with Crippen LogP contribution in [-0.2, 0) is 12.3 Å². The largest absolute Gasteiger partial charge is 0.357 e. The summed E-state index contributed by atoms with van der Waals surface area (Å²) in [6, 6.07) is 14.0. The third-order valence-corrected chi connectivity index (χ3v) is 4.79. The number of guanidine groups is 1. The SMILES string of the molecule is CCNC(=NCc1ccc(F)cc1CSC)NCCCNC(=O)c1ccccc1. The molecule has 0 aliphatic carbocycles. The minimum atomic E-state index is -0.218. The number of halogens is 1. The molecule has 0 spiro atoms. The molecule has 3 N–H and O–H groups in total. The zero-order chi connectivity index (χ0) is 20.9. The van der Waals surface area contributed by atoms with E-state index in [2.05, 4.69) is 20.9 Å². The van der Waals surface area contributed by atoms with Gasteiger partial charge < -0.3 is 16.0 Å². The van der Waals surface area contributed by atoms with E-state index in [1.54, 1.807) is 36.0 Å². The lowest BCUT2D eigenvalue weighted by Gasteiger charge is -2.13. The lowest BCUT2D eigenvalue weighted by Crippen LogP contribution is -2.38. The van der Waals surface area contributed by atoms with Gasteiger partial charge in [-0.25, -0.2) is 9.38 Å². The second kappa shape index (κ2) is 12.8. The van der Waals surface area contributed by atoms with E-state index in [1.165, 1.54) is 6.07 Å². The number of amides is 1. The summed E-state index contributed by atoms with van der Waals surface area (Å²) in [5.41, 5.74) is 2.66. The monoisotopic (exact) mass is 416 g/mol. The number of nitrogens with zero attached hydrogens (tertiary/aromatic N) is 1. The van der Waals surface area contributed by atoms with Crippen molar-refractivity contribution >= 4 is 23.6 Å². The van der Waals surface area contributed by atoms with E-state index in [9.17, 15) is 9.18 Å². The number of hydrogen-bond donors (Lipinski definition) is 3. The number of carbonyl (C=O) groups excluding carboxylic acids is 1. The Morgan fingerprint density at radius 2 is 1.79 bits per heavy atom. The molecule has 0 bridgehead atoms. The summed E-state index contributed by atoms with van der Waals surface area (Å²) in [6.45, 7) is 4.50. The summed E-state index contributed by atoms with van der Waals surface area (Å²) in [7, 11) is 0. The lowest BCUT2D eigenvalue weighted by molar-refractivity contribution is 0.0953. The molecular formula is C22H29FN4OS. The standard InChI is InChI=1S/C22H29FN4OS/c1-3-24-22(27-15-18-10-11-20(23)14-19(18)16-29-2)26-13-7-12-25-21(28)17-8-5-4-6-9-17/h4-6,8-11,14H,3,7,12-13,15-16H2,1-2H3,(H,25,28)(H2,24,26,27). The Morgan fingerprint density at radius 3 is 2.52 bits per heavy atom. The molecular weight excluding hydrogens is 387 g/mol. The van der Waals surface area contributed by atoms with E-state index in [1.807, 2.05) is 31.4 Å². The summed E-state index contributed by atoms with van der Waals surface area (Å²) in [6.07, 6.45) is 2.78. The van der Waals surface area contributed by atoms with E-state index < -0.39 is 0 Å². The van der Waals surface area contributed by atoms with Crippen LogP contribution >= 0.6 is 11.8 Å². The number of nitrogens with one attached hydrogen (secondary N) is 3. The van der Waals surface area contributed by atoms with Gasteiger partial charge in [-0.1, -0.05) is 24.3 Å². The molecule has 0 saturated heterocycles. The zero-order valence-corrected chi connectivity index (χ0v) is 17.8. The van der Waals surface area contributed by atoms with Crippen molar-refractivity contribution in [3.8, 4) is 0 Å². The summed E-state index contributed by atoms with van der Waals surface area (Å²) in [5.74, 6) is 1.18. The molecule has 2 aromatic rings. The fourth-order valence-corrected chi connectivity index (χ4v) is 3.31. The van der Waals surface area contributed by atoms with Crippen LogP contribution in [0.2, 0.25) is 0 Å². The lowest BCUT2D eigenvalue weighted by atomic mass is 10.1. The Hall–Kier alpha value is -2.54. The average Bonchev–Trinajstić information content (AvgIpc) is 2.73. The fraction of sp³-hybridized carbons (Fsp3) is 0.364. The number of hydrogen-bond acceptors (Lipinski definition) is 3. The normalized spacial score (nSPS) is 11.2. The van der Waals surface area contributed by atoms with E-state index >= 15 is 0 Å². The molecule has 0 heterocycles. The predicted octanol–water partition coefficient (Wildman–Crippen LogP) is 3.56. The number of aliphatic imine (C=N–C) groups is 1. The minimum absolute atomic E-state index is 0.0659. The predicted molar refractivity (Wildman–Crippen MR) is 120 cm³/mol. The van der Waals surface area contributed by atoms with Crippen molar-refractivity contribution < 1.29 is 9.18 Å². The molecule has 0 radical (unpaired) electrons. The molecule has 156 valence electrons. The molecule has 0 aliphatic heterocycles. The van der Waals surface area contributed by atoms with Crippen LogP contribution in [0.15, 0.2) is 53.5 Å². The molecule has 0 aromatic heterocycles. The third kappa shape index (κ3) is 8.15. The van der Waals surface area contributed by atoms with Gasteiger partial charge in [0.15, 0.2) is 5.96 Å². The number of carbonyl (C=O) groups is 1. The van der Waals surface area contributed by atoms with Crippen LogP contribution < -0.4 is 16.0 Å². The first-order valence-electron chi connectivity index (χ1n) is 9.75. The molecule has 5 nitrogen and oxygen atoms in total. The van der Waals surface area contributed by atoms with Gasteiger partial charge in [0.05, 0.1) is 6.54 Å². The number of thioether (sulfide) groups is 1. The van der Waals surface area contributed by atoms with Gasteiger partial charge in [-0.2, -0.15) is 11.8 Å². The first-order chi connectivity index (χ1) is 14.1. The van der Waals surface area contributed by atoms with Gasteiger partial charge in [0.25, 0.3) is 5.91 Å². The van der Waals surface area contributed by atoms with Gasteiger partial charge in [0, 0.05) is 31.0 Å². The van der Waals surface area contributed by atoms with Crippen LogP contribution in [0, 0.1) is 5.82 Å². The first kappa shape index (κ1) is 22.7. The van der Waals surface area contributed by atoms with Gasteiger partial charge in [-0.05, 0) is 55.0 Å². The Morgan fingerprint density at radius 1 is 1.03 bits per heavy atom. The Labute approximate surface area is 176 Å². The summed E-state index contributed by atoms with van der Waals surface area (Å²) >= 11 is 1.66. The highest BCUT2D eigenvalue weighted by Gasteiger charge is 2.05. The first-order valence-corrected chi connectivity index (χ1v) is 11.1. The van der Waals surface area contributed by atoms with Crippen LogP contribution in [0.5, 0.6) is 0 Å². The molecule has 0 unspecified atom stereocenters. The summed E-state index contributed by atoms with van der Waals surface area (Å²) in [4.78, 5) is 16.6. The maximum atomic E-state index is 13.5. The second-order valence-electron chi connectivity index (χ2n) is 6.44. The maximum Gasteiger partial charge on any atom is 0.251 e. The van der Waals surface area contributed by atoms with Crippen LogP contribution in [-0.4, -0.2) is 37.8 Å². The van der Waals surface area contributed by atoms with Crippen LogP contribution in [0.25, 0.3) is 0 Å². The summed E-state index contributed by atoms with van der Waals surface area (Å²) < 4.78 is 13.5. The third-order valence-electron chi connectivity index (χ3n) is 4.19. The van der Waals surface area contributed by atoms with Crippen LogP contribution in [0.3, 0.4) is 0 Å².